The van der Waals surface area contributed by atoms with Gasteiger partial charge < -0.3 is 20.5 Å². The van der Waals surface area contributed by atoms with Crippen LogP contribution in [0.2, 0.25) is 5.02 Å². The fourth-order valence-corrected chi connectivity index (χ4v) is 2.17. The van der Waals surface area contributed by atoms with Gasteiger partial charge in [-0.25, -0.2) is 0 Å². The molecule has 1 atom stereocenters. The highest BCUT2D eigenvalue weighted by Gasteiger charge is 2.27. The Morgan fingerprint density at radius 3 is 2.89 bits per heavy atom. The number of halogens is 1. The van der Waals surface area contributed by atoms with Crippen molar-refractivity contribution in [3.8, 4) is 5.75 Å². The number of amides is 1. The Hall–Kier alpha value is -1.46. The molecular weight excluding hydrogens is 256 g/mol. The fourth-order valence-electron chi connectivity index (χ4n) is 2.00. The van der Waals surface area contributed by atoms with Crippen LogP contribution in [0.25, 0.3) is 0 Å². The summed E-state index contributed by atoms with van der Waals surface area (Å²) in [5.41, 5.74) is 6.40. The molecule has 1 aromatic rings. The lowest BCUT2D eigenvalue weighted by Crippen LogP contribution is -2.29. The van der Waals surface area contributed by atoms with Crippen molar-refractivity contribution in [3.05, 3.63) is 22.7 Å². The first kappa shape index (κ1) is 13.0. The lowest BCUT2D eigenvalue weighted by Gasteiger charge is -2.18. The minimum absolute atomic E-state index is 0.203. The Kier molecular flexibility index (Phi) is 3.63. The van der Waals surface area contributed by atoms with Gasteiger partial charge in [0.1, 0.15) is 5.75 Å². The van der Waals surface area contributed by atoms with Crippen LogP contribution in [0.5, 0.6) is 5.75 Å². The largest absolute Gasteiger partial charge is 0.496 e. The van der Waals surface area contributed by atoms with Gasteiger partial charge in [0.2, 0.25) is 0 Å². The van der Waals surface area contributed by atoms with E-state index < -0.39 is 6.10 Å². The van der Waals surface area contributed by atoms with Crippen molar-refractivity contribution in [3.63, 3.8) is 0 Å². The molecule has 2 rings (SSSR count). The maximum absolute atomic E-state index is 12.3. The molecule has 0 bridgehead atoms. The second-order valence-electron chi connectivity index (χ2n) is 4.27. The van der Waals surface area contributed by atoms with E-state index in [-0.39, 0.29) is 5.91 Å². The number of β-amino-alcohol motifs (C(OH)–C–C–N with tert-alkyl or cyclic N) is 1. The molecule has 0 aliphatic carbocycles. The predicted molar refractivity (Wildman–Crippen MR) is 68.9 cm³/mol. The van der Waals surface area contributed by atoms with Crippen molar-refractivity contribution in [2.45, 2.75) is 12.5 Å². The topological polar surface area (TPSA) is 75.8 Å². The lowest BCUT2D eigenvalue weighted by molar-refractivity contribution is 0.0761. The third kappa shape index (κ3) is 2.37. The Morgan fingerprint density at radius 2 is 2.33 bits per heavy atom. The van der Waals surface area contributed by atoms with Crippen molar-refractivity contribution in [1.29, 1.82) is 0 Å². The first-order valence-corrected chi connectivity index (χ1v) is 6.01. The van der Waals surface area contributed by atoms with E-state index in [4.69, 9.17) is 22.1 Å². The molecule has 0 saturated carbocycles. The number of nitrogens with zero attached hydrogens (tertiary/aromatic N) is 1. The van der Waals surface area contributed by atoms with Crippen molar-refractivity contribution in [2.75, 3.05) is 25.9 Å². The van der Waals surface area contributed by atoms with Crippen LogP contribution in [-0.4, -0.2) is 42.2 Å². The van der Waals surface area contributed by atoms with Crippen LogP contribution in [-0.2, 0) is 0 Å². The molecule has 1 aromatic carbocycles. The number of likely N-dealkylation sites (tertiary alicyclic amines) is 1. The summed E-state index contributed by atoms with van der Waals surface area (Å²) in [4.78, 5) is 13.8. The third-order valence-corrected chi connectivity index (χ3v) is 3.33. The highest BCUT2D eigenvalue weighted by atomic mass is 35.5. The Balaban J connectivity index is 2.32. The van der Waals surface area contributed by atoms with E-state index in [9.17, 15) is 9.90 Å². The number of nitrogen functional groups attached to an aromatic ring is 1. The van der Waals surface area contributed by atoms with Gasteiger partial charge in [-0.3, -0.25) is 4.79 Å². The van der Waals surface area contributed by atoms with Gasteiger partial charge in [-0.05, 0) is 12.5 Å². The lowest BCUT2D eigenvalue weighted by atomic mass is 10.1. The van der Waals surface area contributed by atoms with Gasteiger partial charge in [0.25, 0.3) is 5.91 Å². The molecule has 1 fully saturated rings. The van der Waals surface area contributed by atoms with Gasteiger partial charge in [0.15, 0.2) is 0 Å². The van der Waals surface area contributed by atoms with E-state index in [1.54, 1.807) is 4.90 Å². The van der Waals surface area contributed by atoms with Gasteiger partial charge in [-0.2, -0.15) is 0 Å². The smallest absolute Gasteiger partial charge is 0.257 e. The van der Waals surface area contributed by atoms with Crippen molar-refractivity contribution < 1.29 is 14.6 Å². The number of aliphatic hydroxyl groups excluding tert-OH is 1. The highest BCUT2D eigenvalue weighted by Crippen LogP contribution is 2.30. The molecule has 18 heavy (non-hydrogen) atoms. The van der Waals surface area contributed by atoms with Crippen molar-refractivity contribution in [2.24, 2.45) is 0 Å². The van der Waals surface area contributed by atoms with E-state index in [0.29, 0.717) is 41.5 Å². The molecule has 1 heterocycles. The number of ether oxygens (including phenoxy) is 1. The van der Waals surface area contributed by atoms with Crippen LogP contribution in [0.15, 0.2) is 12.1 Å². The zero-order chi connectivity index (χ0) is 13.3. The number of methoxy groups -OCH3 is 1. The normalized spacial score (nSPS) is 19.1. The zero-order valence-electron chi connectivity index (χ0n) is 10.0. The summed E-state index contributed by atoms with van der Waals surface area (Å²) >= 11 is 5.92. The number of hydrogen-bond acceptors (Lipinski definition) is 4. The Bertz CT molecular complexity index is 479. The van der Waals surface area contributed by atoms with Crippen LogP contribution < -0.4 is 10.5 Å². The number of nitrogens with two attached hydrogens (primary N) is 1. The maximum atomic E-state index is 12.3. The monoisotopic (exact) mass is 270 g/mol. The molecule has 3 N–H and O–H groups in total. The maximum Gasteiger partial charge on any atom is 0.257 e. The molecular formula is C12H15ClN2O3. The van der Waals surface area contributed by atoms with Gasteiger partial charge >= 0.3 is 0 Å². The van der Waals surface area contributed by atoms with Crippen molar-refractivity contribution >= 4 is 23.2 Å². The summed E-state index contributed by atoms with van der Waals surface area (Å²) in [5, 5.41) is 9.77. The van der Waals surface area contributed by atoms with Gasteiger partial charge in [-0.15, -0.1) is 0 Å². The van der Waals surface area contributed by atoms with Crippen molar-refractivity contribution in [1.82, 2.24) is 4.90 Å². The van der Waals surface area contributed by atoms with E-state index in [2.05, 4.69) is 0 Å². The van der Waals surface area contributed by atoms with Crippen LogP contribution in [0.1, 0.15) is 16.8 Å². The molecule has 0 radical (unpaired) electrons. The number of carbonyl (C=O) groups excluding carboxylic acids is 1. The summed E-state index contributed by atoms with van der Waals surface area (Å²) < 4.78 is 5.14. The predicted octanol–water partition coefficient (Wildman–Crippen LogP) is 1.14. The van der Waals surface area contributed by atoms with Crippen LogP contribution in [0.3, 0.4) is 0 Å². The van der Waals surface area contributed by atoms with Gasteiger partial charge in [0, 0.05) is 19.2 Å². The minimum Gasteiger partial charge on any atom is -0.496 e. The molecule has 1 unspecified atom stereocenters. The van der Waals surface area contributed by atoms with Gasteiger partial charge in [-0.1, -0.05) is 11.6 Å². The molecule has 1 amide bonds. The second kappa shape index (κ2) is 5.04. The number of benzene rings is 1. The molecule has 0 aromatic heterocycles. The highest BCUT2D eigenvalue weighted by molar-refractivity contribution is 6.33. The molecule has 1 saturated heterocycles. The standard InChI is InChI=1S/C12H15ClN2O3/c1-18-11-5-10(14)9(13)4-8(11)12(17)15-3-2-7(16)6-15/h4-5,7,16H,2-3,6,14H2,1H3. The fraction of sp³-hybridized carbons (Fsp3) is 0.417. The Morgan fingerprint density at radius 1 is 1.61 bits per heavy atom. The average Bonchev–Trinajstić information content (AvgIpc) is 2.78. The molecule has 1 aliphatic heterocycles. The number of carbonyl (C=O) groups is 1. The summed E-state index contributed by atoms with van der Waals surface area (Å²) in [6.07, 6.45) is 0.140. The summed E-state index contributed by atoms with van der Waals surface area (Å²) in [6, 6.07) is 3.03. The molecule has 5 nitrogen and oxygen atoms in total. The van der Waals surface area contributed by atoms with Crippen LogP contribution in [0, 0.1) is 0 Å². The third-order valence-electron chi connectivity index (χ3n) is 3.00. The molecule has 0 spiro atoms. The Labute approximate surface area is 110 Å². The number of aliphatic hydroxyl groups is 1. The minimum atomic E-state index is -0.454. The van der Waals surface area contributed by atoms with E-state index >= 15 is 0 Å². The quantitative estimate of drug-likeness (QED) is 0.790. The SMILES string of the molecule is COc1cc(N)c(Cl)cc1C(=O)N1CCC(O)C1. The molecule has 98 valence electrons. The summed E-state index contributed by atoms with van der Waals surface area (Å²) in [6.45, 7) is 0.870. The number of anilines is 1. The van der Waals surface area contributed by atoms with E-state index in [1.807, 2.05) is 0 Å². The van der Waals surface area contributed by atoms with Gasteiger partial charge in [0.05, 0.1) is 29.5 Å². The first-order chi connectivity index (χ1) is 8.52. The number of hydrogen-bond donors (Lipinski definition) is 2. The average molecular weight is 271 g/mol. The van der Waals surface area contributed by atoms with Crippen LogP contribution >= 0.6 is 11.6 Å². The van der Waals surface area contributed by atoms with E-state index in [1.165, 1.54) is 19.2 Å². The molecule has 6 heteroatoms. The zero-order valence-corrected chi connectivity index (χ0v) is 10.8. The number of rotatable bonds is 2. The molecule has 1 aliphatic rings. The van der Waals surface area contributed by atoms with Crippen LogP contribution in [0.4, 0.5) is 5.69 Å². The first-order valence-electron chi connectivity index (χ1n) is 5.63. The summed E-state index contributed by atoms with van der Waals surface area (Å²) in [5.74, 6) is 0.189. The van der Waals surface area contributed by atoms with E-state index in [0.717, 1.165) is 0 Å². The second-order valence-corrected chi connectivity index (χ2v) is 4.67. The summed E-state index contributed by atoms with van der Waals surface area (Å²) in [7, 11) is 1.47.